The van der Waals surface area contributed by atoms with Crippen LogP contribution >= 0.6 is 11.3 Å². The van der Waals surface area contributed by atoms with Crippen molar-refractivity contribution in [3.05, 3.63) is 11.6 Å². The number of nitrogens with zero attached hydrogens (tertiary/aromatic N) is 1. The molecule has 0 atom stereocenters. The Labute approximate surface area is 82.1 Å². The molecule has 0 aliphatic carbocycles. The normalized spacial score (nSPS) is 11.8. The van der Waals surface area contributed by atoms with Crippen molar-refractivity contribution in [2.24, 2.45) is 0 Å². The number of rotatable bonds is 5. The van der Waals surface area contributed by atoms with Gasteiger partial charge < -0.3 is 0 Å². The molecule has 1 heterocycles. The van der Waals surface area contributed by atoms with E-state index in [2.05, 4.69) is 9.71 Å². The largest absolute Gasteiger partial charge is 0.267 e. The first-order valence-electron chi connectivity index (χ1n) is 4.06. The van der Waals surface area contributed by atoms with Gasteiger partial charge in [0.2, 0.25) is 4.34 Å². The van der Waals surface area contributed by atoms with Gasteiger partial charge in [0, 0.05) is 18.1 Å². The molecule has 0 fully saturated rings. The third-order valence-corrected chi connectivity index (χ3v) is 4.12. The highest BCUT2D eigenvalue weighted by atomic mass is 32.2. The van der Waals surface area contributed by atoms with Gasteiger partial charge in [0.05, 0.1) is 0 Å². The second-order valence-electron chi connectivity index (χ2n) is 2.55. The van der Waals surface area contributed by atoms with E-state index < -0.39 is 10.0 Å². The van der Waals surface area contributed by atoms with Gasteiger partial charge in [-0.05, 0) is 6.42 Å². The van der Waals surface area contributed by atoms with E-state index in [-0.39, 0.29) is 4.34 Å². The summed E-state index contributed by atoms with van der Waals surface area (Å²) in [7, 11) is -3.33. The van der Waals surface area contributed by atoms with Crippen molar-refractivity contribution in [1.82, 2.24) is 9.71 Å². The van der Waals surface area contributed by atoms with Crippen molar-refractivity contribution in [2.45, 2.75) is 24.1 Å². The van der Waals surface area contributed by atoms with Crippen molar-refractivity contribution in [1.29, 1.82) is 0 Å². The van der Waals surface area contributed by atoms with E-state index in [0.717, 1.165) is 24.2 Å². The molecular weight excluding hydrogens is 208 g/mol. The van der Waals surface area contributed by atoms with E-state index in [1.807, 2.05) is 6.92 Å². The van der Waals surface area contributed by atoms with Crippen molar-refractivity contribution in [2.75, 3.05) is 6.54 Å². The van der Waals surface area contributed by atoms with Gasteiger partial charge in [0.25, 0.3) is 10.0 Å². The Morgan fingerprint density at radius 1 is 1.62 bits per heavy atom. The Morgan fingerprint density at radius 3 is 2.92 bits per heavy atom. The Kier molecular flexibility index (Phi) is 3.83. The topological polar surface area (TPSA) is 59.1 Å². The fourth-order valence-electron chi connectivity index (χ4n) is 0.788. The highest BCUT2D eigenvalue weighted by molar-refractivity contribution is 7.91. The van der Waals surface area contributed by atoms with Crippen molar-refractivity contribution in [3.8, 4) is 0 Å². The minimum Gasteiger partial charge on any atom is -0.233 e. The van der Waals surface area contributed by atoms with Gasteiger partial charge in [-0.3, -0.25) is 0 Å². The zero-order valence-electron chi connectivity index (χ0n) is 7.36. The summed E-state index contributed by atoms with van der Waals surface area (Å²) in [6.07, 6.45) is 3.31. The lowest BCUT2D eigenvalue weighted by molar-refractivity contribution is 0.577. The van der Waals surface area contributed by atoms with Crippen LogP contribution in [0.1, 0.15) is 19.8 Å². The van der Waals surface area contributed by atoms with E-state index >= 15 is 0 Å². The molecule has 0 radical (unpaired) electrons. The van der Waals surface area contributed by atoms with Crippen LogP contribution in [-0.2, 0) is 10.0 Å². The van der Waals surface area contributed by atoms with Crippen molar-refractivity contribution < 1.29 is 8.42 Å². The van der Waals surface area contributed by atoms with Crippen LogP contribution in [0.15, 0.2) is 15.9 Å². The second kappa shape index (κ2) is 4.69. The molecule has 6 heteroatoms. The summed E-state index contributed by atoms with van der Waals surface area (Å²) in [5.41, 5.74) is 0. The fourth-order valence-corrected chi connectivity index (χ4v) is 2.73. The average Bonchev–Trinajstić information content (AvgIpc) is 2.56. The van der Waals surface area contributed by atoms with Gasteiger partial charge >= 0.3 is 0 Å². The lowest BCUT2D eigenvalue weighted by atomic mass is 10.3. The van der Waals surface area contributed by atoms with E-state index in [1.165, 1.54) is 6.20 Å². The van der Waals surface area contributed by atoms with E-state index in [4.69, 9.17) is 0 Å². The summed E-state index contributed by atoms with van der Waals surface area (Å²) in [6.45, 7) is 2.50. The number of sulfonamides is 1. The number of unbranched alkanes of at least 4 members (excludes halogenated alkanes) is 1. The third-order valence-electron chi connectivity index (χ3n) is 1.46. The SMILES string of the molecule is CCCCNS(=O)(=O)c1nccs1. The standard InChI is InChI=1S/C7H12N2O2S2/c1-2-3-4-9-13(10,11)7-8-5-6-12-7/h5-6,9H,2-4H2,1H3. The van der Waals surface area contributed by atoms with Crippen LogP contribution in [0.25, 0.3) is 0 Å². The zero-order chi connectivity index (χ0) is 9.73. The maximum atomic E-state index is 11.4. The summed E-state index contributed by atoms with van der Waals surface area (Å²) in [6, 6.07) is 0. The van der Waals surface area contributed by atoms with Crippen LogP contribution in [0.5, 0.6) is 0 Å². The van der Waals surface area contributed by atoms with Crippen LogP contribution in [-0.4, -0.2) is 19.9 Å². The van der Waals surface area contributed by atoms with E-state index in [0.29, 0.717) is 6.54 Å². The summed E-state index contributed by atoms with van der Waals surface area (Å²) in [5, 5.41) is 1.65. The molecule has 1 N–H and O–H groups in total. The summed E-state index contributed by atoms with van der Waals surface area (Å²) in [5.74, 6) is 0. The van der Waals surface area contributed by atoms with Crippen LogP contribution in [0, 0.1) is 0 Å². The predicted molar refractivity (Wildman–Crippen MR) is 52.2 cm³/mol. The Hall–Kier alpha value is -0.460. The van der Waals surface area contributed by atoms with Crippen LogP contribution in [0.3, 0.4) is 0 Å². The van der Waals surface area contributed by atoms with Gasteiger partial charge in [0.1, 0.15) is 0 Å². The molecule has 4 nitrogen and oxygen atoms in total. The molecule has 1 aromatic rings. The molecule has 0 unspecified atom stereocenters. The van der Waals surface area contributed by atoms with Crippen LogP contribution in [0.4, 0.5) is 0 Å². The van der Waals surface area contributed by atoms with Crippen LogP contribution in [0.2, 0.25) is 0 Å². The van der Waals surface area contributed by atoms with Gasteiger partial charge in [-0.2, -0.15) is 0 Å². The molecule has 0 spiro atoms. The average molecular weight is 220 g/mol. The molecule has 1 aromatic heterocycles. The molecule has 0 aromatic carbocycles. The Balaban J connectivity index is 2.58. The van der Waals surface area contributed by atoms with Gasteiger partial charge in [0.15, 0.2) is 0 Å². The molecule has 0 aliphatic heterocycles. The molecule has 0 amide bonds. The molecular formula is C7H12N2O2S2. The quantitative estimate of drug-likeness (QED) is 0.759. The van der Waals surface area contributed by atoms with E-state index in [1.54, 1.807) is 5.38 Å². The molecule has 13 heavy (non-hydrogen) atoms. The highest BCUT2D eigenvalue weighted by Crippen LogP contribution is 2.10. The first-order valence-corrected chi connectivity index (χ1v) is 6.42. The molecule has 0 aliphatic rings. The second-order valence-corrected chi connectivity index (χ2v) is 5.38. The summed E-state index contributed by atoms with van der Waals surface area (Å²) >= 11 is 1.13. The molecule has 1 rings (SSSR count). The maximum Gasteiger partial charge on any atom is 0.267 e. The number of hydrogen-bond donors (Lipinski definition) is 1. The predicted octanol–water partition coefficient (Wildman–Crippen LogP) is 1.22. The van der Waals surface area contributed by atoms with Crippen LogP contribution < -0.4 is 4.72 Å². The van der Waals surface area contributed by atoms with Gasteiger partial charge in [-0.25, -0.2) is 18.1 Å². The highest BCUT2D eigenvalue weighted by Gasteiger charge is 2.15. The van der Waals surface area contributed by atoms with E-state index in [9.17, 15) is 8.42 Å². The maximum absolute atomic E-state index is 11.4. The molecule has 0 bridgehead atoms. The molecule has 0 saturated carbocycles. The molecule has 0 saturated heterocycles. The molecule has 74 valence electrons. The number of thiazole rings is 1. The minimum atomic E-state index is -3.33. The summed E-state index contributed by atoms with van der Waals surface area (Å²) < 4.78 is 25.4. The zero-order valence-corrected chi connectivity index (χ0v) is 8.99. The number of hydrogen-bond acceptors (Lipinski definition) is 4. The fraction of sp³-hybridized carbons (Fsp3) is 0.571. The van der Waals surface area contributed by atoms with Gasteiger partial charge in [-0.1, -0.05) is 13.3 Å². The van der Waals surface area contributed by atoms with Crippen molar-refractivity contribution >= 4 is 21.4 Å². The first kappa shape index (κ1) is 10.6. The number of aromatic nitrogens is 1. The third kappa shape index (κ3) is 3.06. The lowest BCUT2D eigenvalue weighted by Crippen LogP contribution is -2.24. The van der Waals surface area contributed by atoms with Crippen molar-refractivity contribution in [3.63, 3.8) is 0 Å². The summed E-state index contributed by atoms with van der Waals surface area (Å²) in [4.78, 5) is 3.73. The number of nitrogens with one attached hydrogen (secondary N) is 1. The smallest absolute Gasteiger partial charge is 0.233 e. The lowest BCUT2D eigenvalue weighted by Gasteiger charge is -2.01. The first-order chi connectivity index (χ1) is 6.17. The Morgan fingerprint density at radius 2 is 2.38 bits per heavy atom. The Bertz CT molecular complexity index is 331. The minimum absolute atomic E-state index is 0.142. The van der Waals surface area contributed by atoms with Gasteiger partial charge in [-0.15, -0.1) is 11.3 Å². The monoisotopic (exact) mass is 220 g/mol.